The van der Waals surface area contributed by atoms with Crippen LogP contribution in [0.1, 0.15) is 16.1 Å². The minimum Gasteiger partial charge on any atom is -0.313 e. The summed E-state index contributed by atoms with van der Waals surface area (Å²) in [5.41, 5.74) is 4.80. The number of carbonyl (C=O) groups is 1. The van der Waals surface area contributed by atoms with E-state index < -0.39 is 0 Å². The van der Waals surface area contributed by atoms with Gasteiger partial charge in [-0.25, -0.2) is 0 Å². The van der Waals surface area contributed by atoms with Crippen LogP contribution in [0, 0.1) is 6.92 Å². The highest BCUT2D eigenvalue weighted by atomic mass is 35.5. The number of hydrogen-bond acceptors (Lipinski definition) is 1. The van der Waals surface area contributed by atoms with Gasteiger partial charge in [-0.05, 0) is 30.2 Å². The molecule has 3 aromatic rings. The summed E-state index contributed by atoms with van der Waals surface area (Å²) in [7, 11) is 0. The predicted molar refractivity (Wildman–Crippen MR) is 82.6 cm³/mol. The van der Waals surface area contributed by atoms with Gasteiger partial charge in [-0.15, -0.1) is 11.6 Å². The van der Waals surface area contributed by atoms with E-state index in [4.69, 9.17) is 11.6 Å². The Morgan fingerprint density at radius 3 is 2.60 bits per heavy atom. The minimum absolute atomic E-state index is 0.0140. The van der Waals surface area contributed by atoms with Crippen LogP contribution in [0.2, 0.25) is 0 Å². The van der Waals surface area contributed by atoms with Crippen LogP contribution in [0.3, 0.4) is 0 Å². The molecule has 0 saturated carbocycles. The van der Waals surface area contributed by atoms with Gasteiger partial charge in [-0.2, -0.15) is 0 Å². The van der Waals surface area contributed by atoms with Gasteiger partial charge in [0.15, 0.2) is 5.78 Å². The molecule has 0 radical (unpaired) electrons. The molecule has 0 unspecified atom stereocenters. The van der Waals surface area contributed by atoms with E-state index in [0.29, 0.717) is 5.69 Å². The number of ketones is 1. The average molecular weight is 284 g/mol. The maximum Gasteiger partial charge on any atom is 0.194 e. The summed E-state index contributed by atoms with van der Waals surface area (Å²) in [4.78, 5) is 12.2. The number of aryl methyl sites for hydroxylation is 1. The van der Waals surface area contributed by atoms with E-state index in [2.05, 4.69) is 6.07 Å². The molecule has 100 valence electrons. The van der Waals surface area contributed by atoms with Crippen molar-refractivity contribution in [3.8, 4) is 11.1 Å². The Morgan fingerprint density at radius 1 is 1.15 bits per heavy atom. The summed E-state index contributed by atoms with van der Waals surface area (Å²) in [5.74, 6) is -0.0731. The zero-order valence-corrected chi connectivity index (χ0v) is 11.9. The van der Waals surface area contributed by atoms with Gasteiger partial charge in [-0.1, -0.05) is 36.4 Å². The van der Waals surface area contributed by atoms with E-state index >= 15 is 0 Å². The second-order valence-electron chi connectivity index (χ2n) is 4.78. The van der Waals surface area contributed by atoms with E-state index in [1.807, 2.05) is 60.0 Å². The van der Waals surface area contributed by atoms with Gasteiger partial charge in [0.05, 0.1) is 11.6 Å². The highest BCUT2D eigenvalue weighted by Crippen LogP contribution is 2.29. The fraction of sp³-hybridized carbons (Fsp3) is 0.118. The second kappa shape index (κ2) is 5.14. The van der Waals surface area contributed by atoms with Crippen LogP contribution in [-0.4, -0.2) is 16.1 Å². The molecule has 20 heavy (non-hydrogen) atoms. The molecule has 2 aromatic heterocycles. The highest BCUT2D eigenvalue weighted by molar-refractivity contribution is 6.31. The number of carbonyl (C=O) groups excluding carboxylic acids is 1. The molecule has 0 aliphatic carbocycles. The number of fused-ring (bicyclic) bond motifs is 1. The number of pyridine rings is 1. The van der Waals surface area contributed by atoms with Crippen molar-refractivity contribution in [2.75, 3.05) is 5.88 Å². The van der Waals surface area contributed by atoms with E-state index in [0.717, 1.165) is 22.2 Å². The first kappa shape index (κ1) is 12.9. The molecule has 0 bridgehead atoms. The van der Waals surface area contributed by atoms with Crippen molar-refractivity contribution in [2.45, 2.75) is 6.92 Å². The molecule has 2 heterocycles. The van der Waals surface area contributed by atoms with Crippen LogP contribution in [0.5, 0.6) is 0 Å². The van der Waals surface area contributed by atoms with Crippen LogP contribution in [-0.2, 0) is 0 Å². The van der Waals surface area contributed by atoms with E-state index in [1.165, 1.54) is 0 Å². The molecule has 0 aliphatic rings. The number of rotatable bonds is 3. The fourth-order valence-electron chi connectivity index (χ4n) is 2.53. The SMILES string of the molecule is Cc1cccn2c(C(=O)CCl)c(-c3ccccc3)cc12. The molecule has 0 N–H and O–H groups in total. The standard InChI is InChI=1S/C17H14ClNO/c1-12-6-5-9-19-15(12)10-14(17(19)16(20)11-18)13-7-3-2-4-8-13/h2-10H,11H2,1H3. The van der Waals surface area contributed by atoms with Crippen LogP contribution in [0.25, 0.3) is 16.6 Å². The maximum absolute atomic E-state index is 12.2. The largest absolute Gasteiger partial charge is 0.313 e. The summed E-state index contributed by atoms with van der Waals surface area (Å²) in [6, 6.07) is 16.0. The Bertz CT molecular complexity index is 774. The first-order valence-corrected chi connectivity index (χ1v) is 7.01. The third-order valence-corrected chi connectivity index (χ3v) is 3.74. The summed E-state index contributed by atoms with van der Waals surface area (Å²) in [6.45, 7) is 2.04. The van der Waals surface area contributed by atoms with Crippen LogP contribution >= 0.6 is 11.6 Å². The molecule has 0 saturated heterocycles. The Morgan fingerprint density at radius 2 is 1.90 bits per heavy atom. The molecule has 0 fully saturated rings. The summed E-state index contributed by atoms with van der Waals surface area (Å²) in [6.07, 6.45) is 1.91. The average Bonchev–Trinajstić information content (AvgIpc) is 2.88. The summed E-state index contributed by atoms with van der Waals surface area (Å²) < 4.78 is 1.93. The Labute approximate surface area is 122 Å². The number of Topliss-reactive ketones (excluding diaryl/α,β-unsaturated/α-hetero) is 1. The lowest BCUT2D eigenvalue weighted by Crippen LogP contribution is -2.06. The lowest BCUT2D eigenvalue weighted by molar-refractivity contribution is 0.101. The Hall–Kier alpha value is -2.06. The van der Waals surface area contributed by atoms with Crippen molar-refractivity contribution in [2.24, 2.45) is 0 Å². The van der Waals surface area contributed by atoms with Gasteiger partial charge in [0.2, 0.25) is 0 Å². The predicted octanol–water partition coefficient (Wildman–Crippen LogP) is 4.34. The van der Waals surface area contributed by atoms with Gasteiger partial charge >= 0.3 is 0 Å². The van der Waals surface area contributed by atoms with Gasteiger partial charge < -0.3 is 4.40 Å². The molecule has 3 heteroatoms. The van der Waals surface area contributed by atoms with Crippen molar-refractivity contribution < 1.29 is 4.79 Å². The van der Waals surface area contributed by atoms with E-state index in [-0.39, 0.29) is 11.7 Å². The molecule has 0 spiro atoms. The minimum atomic E-state index is -0.0591. The number of nitrogens with zero attached hydrogens (tertiary/aromatic N) is 1. The lowest BCUT2D eigenvalue weighted by Gasteiger charge is -2.05. The summed E-state index contributed by atoms with van der Waals surface area (Å²) in [5, 5.41) is 0. The van der Waals surface area contributed by atoms with Crippen LogP contribution in [0.15, 0.2) is 54.7 Å². The van der Waals surface area contributed by atoms with Crippen molar-refractivity contribution in [1.82, 2.24) is 4.40 Å². The van der Waals surface area contributed by atoms with Crippen molar-refractivity contribution in [1.29, 1.82) is 0 Å². The number of aromatic nitrogens is 1. The molecule has 1 aromatic carbocycles. The van der Waals surface area contributed by atoms with Gasteiger partial charge in [-0.3, -0.25) is 4.79 Å². The van der Waals surface area contributed by atoms with Crippen LogP contribution < -0.4 is 0 Å². The van der Waals surface area contributed by atoms with Gasteiger partial charge in [0, 0.05) is 17.3 Å². The number of benzene rings is 1. The first-order chi connectivity index (χ1) is 9.72. The molecule has 3 rings (SSSR count). The maximum atomic E-state index is 12.2. The van der Waals surface area contributed by atoms with E-state index in [9.17, 15) is 4.79 Å². The molecule has 0 amide bonds. The fourth-order valence-corrected chi connectivity index (χ4v) is 2.65. The molecular weight excluding hydrogens is 270 g/mol. The highest BCUT2D eigenvalue weighted by Gasteiger charge is 2.18. The number of halogens is 1. The lowest BCUT2D eigenvalue weighted by atomic mass is 10.0. The molecule has 0 atom stereocenters. The summed E-state index contributed by atoms with van der Waals surface area (Å²) >= 11 is 5.78. The Kier molecular flexibility index (Phi) is 3.33. The van der Waals surface area contributed by atoms with Crippen LogP contribution in [0.4, 0.5) is 0 Å². The number of hydrogen-bond donors (Lipinski definition) is 0. The smallest absolute Gasteiger partial charge is 0.194 e. The third-order valence-electron chi connectivity index (χ3n) is 3.49. The molecular formula is C17H14ClNO. The normalized spacial score (nSPS) is 10.9. The van der Waals surface area contributed by atoms with Crippen molar-refractivity contribution >= 4 is 22.9 Å². The zero-order chi connectivity index (χ0) is 14.1. The topological polar surface area (TPSA) is 21.5 Å². The van der Waals surface area contributed by atoms with Crippen molar-refractivity contribution in [3.63, 3.8) is 0 Å². The third kappa shape index (κ3) is 2.02. The Balaban J connectivity index is 2.36. The van der Waals surface area contributed by atoms with Gasteiger partial charge in [0.1, 0.15) is 0 Å². The molecule has 2 nitrogen and oxygen atoms in total. The number of alkyl halides is 1. The second-order valence-corrected chi connectivity index (χ2v) is 5.04. The first-order valence-electron chi connectivity index (χ1n) is 6.47. The zero-order valence-electron chi connectivity index (χ0n) is 11.1. The monoisotopic (exact) mass is 283 g/mol. The van der Waals surface area contributed by atoms with Crippen molar-refractivity contribution in [3.05, 3.63) is 66.0 Å². The van der Waals surface area contributed by atoms with E-state index in [1.54, 1.807) is 0 Å². The van der Waals surface area contributed by atoms with Gasteiger partial charge in [0.25, 0.3) is 0 Å². The quantitative estimate of drug-likeness (QED) is 0.518. The molecule has 0 aliphatic heterocycles.